The highest BCUT2D eigenvalue weighted by atomic mass is 16.3. The predicted molar refractivity (Wildman–Crippen MR) is 45.3 cm³/mol. The first-order valence-corrected chi connectivity index (χ1v) is 4.95. The molecule has 2 rings (SSSR count). The van der Waals surface area contributed by atoms with Gasteiger partial charge in [0.15, 0.2) is 0 Å². The lowest BCUT2D eigenvalue weighted by atomic mass is 9.75. The zero-order chi connectivity index (χ0) is 7.90. The van der Waals surface area contributed by atoms with Crippen LogP contribution in [0.4, 0.5) is 0 Å². The van der Waals surface area contributed by atoms with E-state index in [1.54, 1.807) is 0 Å². The van der Waals surface area contributed by atoms with Crippen molar-refractivity contribution in [2.24, 2.45) is 11.8 Å². The van der Waals surface area contributed by atoms with Gasteiger partial charge in [0.2, 0.25) is 0 Å². The maximum absolute atomic E-state index is 10.2. The summed E-state index contributed by atoms with van der Waals surface area (Å²) in [5.74, 6) is 1.41. The van der Waals surface area contributed by atoms with E-state index in [9.17, 15) is 5.11 Å². The van der Waals surface area contributed by atoms with E-state index in [1.165, 1.54) is 25.7 Å². The Morgan fingerprint density at radius 3 is 2.73 bits per heavy atom. The van der Waals surface area contributed by atoms with Crippen molar-refractivity contribution >= 4 is 0 Å². The molecule has 11 heavy (non-hydrogen) atoms. The topological polar surface area (TPSA) is 20.2 Å². The second-order valence-electron chi connectivity index (χ2n) is 4.47. The first kappa shape index (κ1) is 7.60. The van der Waals surface area contributed by atoms with Crippen molar-refractivity contribution < 1.29 is 5.11 Å². The fraction of sp³-hybridized carbons (Fsp3) is 1.00. The smallest absolute Gasteiger partial charge is 0.0678 e. The van der Waals surface area contributed by atoms with Gasteiger partial charge in [-0.05, 0) is 37.5 Å². The Kier molecular flexibility index (Phi) is 1.71. The van der Waals surface area contributed by atoms with Crippen molar-refractivity contribution in [1.82, 2.24) is 0 Å². The summed E-state index contributed by atoms with van der Waals surface area (Å²) in [5, 5.41) is 10.2. The molecule has 2 fully saturated rings. The molecule has 0 unspecified atom stereocenters. The third kappa shape index (κ3) is 1.10. The van der Waals surface area contributed by atoms with E-state index in [1.807, 2.05) is 0 Å². The van der Waals surface area contributed by atoms with Crippen LogP contribution >= 0.6 is 0 Å². The second kappa shape index (κ2) is 2.48. The SMILES string of the molecule is C[C@H]1CC[C@]2(O)CCCC[C@H]12. The highest BCUT2D eigenvalue weighted by Crippen LogP contribution is 2.48. The van der Waals surface area contributed by atoms with Gasteiger partial charge in [-0.3, -0.25) is 0 Å². The summed E-state index contributed by atoms with van der Waals surface area (Å²) in [7, 11) is 0. The fourth-order valence-electron chi connectivity index (χ4n) is 3.05. The molecule has 2 aliphatic rings. The number of fused-ring (bicyclic) bond motifs is 1. The summed E-state index contributed by atoms with van der Waals surface area (Å²) < 4.78 is 0. The summed E-state index contributed by atoms with van der Waals surface area (Å²) in [6.45, 7) is 2.30. The van der Waals surface area contributed by atoms with E-state index in [0.717, 1.165) is 18.8 Å². The van der Waals surface area contributed by atoms with Crippen molar-refractivity contribution in [2.75, 3.05) is 0 Å². The molecule has 2 saturated carbocycles. The number of aliphatic hydroxyl groups is 1. The Labute approximate surface area is 68.8 Å². The summed E-state index contributed by atoms with van der Waals surface area (Å²) in [4.78, 5) is 0. The molecule has 64 valence electrons. The molecular weight excluding hydrogens is 136 g/mol. The van der Waals surface area contributed by atoms with Crippen molar-refractivity contribution in [1.29, 1.82) is 0 Å². The maximum Gasteiger partial charge on any atom is 0.0678 e. The van der Waals surface area contributed by atoms with Gasteiger partial charge in [-0.1, -0.05) is 19.8 Å². The van der Waals surface area contributed by atoms with Crippen LogP contribution in [0, 0.1) is 11.8 Å². The minimum atomic E-state index is -0.238. The van der Waals surface area contributed by atoms with Gasteiger partial charge >= 0.3 is 0 Å². The summed E-state index contributed by atoms with van der Waals surface area (Å²) in [6.07, 6.45) is 7.26. The van der Waals surface area contributed by atoms with Gasteiger partial charge in [-0.15, -0.1) is 0 Å². The minimum Gasteiger partial charge on any atom is -0.390 e. The van der Waals surface area contributed by atoms with Crippen LogP contribution in [0.2, 0.25) is 0 Å². The number of hydrogen-bond donors (Lipinski definition) is 1. The Bertz CT molecular complexity index is 151. The van der Waals surface area contributed by atoms with E-state index in [4.69, 9.17) is 0 Å². The second-order valence-corrected chi connectivity index (χ2v) is 4.47. The molecule has 3 atom stereocenters. The molecule has 0 aromatic rings. The number of rotatable bonds is 0. The van der Waals surface area contributed by atoms with Crippen LogP contribution in [0.3, 0.4) is 0 Å². The lowest BCUT2D eigenvalue weighted by Crippen LogP contribution is -2.37. The van der Waals surface area contributed by atoms with Gasteiger partial charge in [-0.25, -0.2) is 0 Å². The third-order valence-electron chi connectivity index (χ3n) is 3.78. The summed E-state index contributed by atoms with van der Waals surface area (Å²) >= 11 is 0. The van der Waals surface area contributed by atoms with E-state index in [2.05, 4.69) is 6.92 Å². The first-order chi connectivity index (χ1) is 5.22. The monoisotopic (exact) mass is 154 g/mol. The Morgan fingerprint density at radius 1 is 1.18 bits per heavy atom. The average molecular weight is 154 g/mol. The van der Waals surface area contributed by atoms with Crippen molar-refractivity contribution in [3.63, 3.8) is 0 Å². The van der Waals surface area contributed by atoms with Gasteiger partial charge < -0.3 is 5.11 Å². The Hall–Kier alpha value is -0.0400. The molecule has 0 aliphatic heterocycles. The van der Waals surface area contributed by atoms with Crippen LogP contribution in [-0.2, 0) is 0 Å². The van der Waals surface area contributed by atoms with Gasteiger partial charge in [0.05, 0.1) is 5.60 Å². The molecule has 0 radical (unpaired) electrons. The Balaban J connectivity index is 2.14. The molecule has 0 bridgehead atoms. The Morgan fingerprint density at radius 2 is 2.00 bits per heavy atom. The van der Waals surface area contributed by atoms with Crippen molar-refractivity contribution in [3.8, 4) is 0 Å². The zero-order valence-corrected chi connectivity index (χ0v) is 7.34. The average Bonchev–Trinajstić information content (AvgIpc) is 2.29. The van der Waals surface area contributed by atoms with Gasteiger partial charge in [0, 0.05) is 0 Å². The molecule has 1 nitrogen and oxygen atoms in total. The highest BCUT2D eigenvalue weighted by Gasteiger charge is 2.46. The normalized spacial score (nSPS) is 50.7. The molecule has 1 N–H and O–H groups in total. The fourth-order valence-corrected chi connectivity index (χ4v) is 3.05. The molecule has 1 heteroatoms. The summed E-state index contributed by atoms with van der Waals surface area (Å²) in [5.41, 5.74) is -0.238. The molecule has 0 spiro atoms. The molecule has 0 aromatic heterocycles. The van der Waals surface area contributed by atoms with Crippen LogP contribution in [0.25, 0.3) is 0 Å². The van der Waals surface area contributed by atoms with Crippen LogP contribution in [0.15, 0.2) is 0 Å². The zero-order valence-electron chi connectivity index (χ0n) is 7.34. The maximum atomic E-state index is 10.2. The standard InChI is InChI=1S/C10H18O/c1-8-5-7-10(11)6-3-2-4-9(8)10/h8-9,11H,2-7H2,1H3/t8-,9+,10+/m0/s1. The highest BCUT2D eigenvalue weighted by molar-refractivity contribution is 4.97. The quantitative estimate of drug-likeness (QED) is 0.568. The third-order valence-corrected chi connectivity index (χ3v) is 3.78. The van der Waals surface area contributed by atoms with Gasteiger partial charge in [0.25, 0.3) is 0 Å². The van der Waals surface area contributed by atoms with Gasteiger partial charge in [-0.2, -0.15) is 0 Å². The molecule has 0 amide bonds. The molecular formula is C10H18O. The van der Waals surface area contributed by atoms with Crippen molar-refractivity contribution in [3.05, 3.63) is 0 Å². The molecule has 0 heterocycles. The first-order valence-electron chi connectivity index (χ1n) is 4.95. The van der Waals surface area contributed by atoms with E-state index < -0.39 is 0 Å². The number of hydrogen-bond acceptors (Lipinski definition) is 1. The lowest BCUT2D eigenvalue weighted by molar-refractivity contribution is -0.0356. The van der Waals surface area contributed by atoms with Crippen LogP contribution in [-0.4, -0.2) is 10.7 Å². The van der Waals surface area contributed by atoms with E-state index in [-0.39, 0.29) is 5.60 Å². The minimum absolute atomic E-state index is 0.238. The summed E-state index contributed by atoms with van der Waals surface area (Å²) in [6, 6.07) is 0. The molecule has 0 saturated heterocycles. The molecule has 0 aromatic carbocycles. The van der Waals surface area contributed by atoms with E-state index >= 15 is 0 Å². The van der Waals surface area contributed by atoms with E-state index in [0.29, 0.717) is 5.92 Å². The van der Waals surface area contributed by atoms with Gasteiger partial charge in [0.1, 0.15) is 0 Å². The van der Waals surface area contributed by atoms with Crippen LogP contribution in [0.1, 0.15) is 45.4 Å². The lowest BCUT2D eigenvalue weighted by Gasteiger charge is -2.36. The molecule has 2 aliphatic carbocycles. The largest absolute Gasteiger partial charge is 0.390 e. The predicted octanol–water partition coefficient (Wildman–Crippen LogP) is 2.34. The van der Waals surface area contributed by atoms with Crippen molar-refractivity contribution in [2.45, 2.75) is 51.0 Å². The van der Waals surface area contributed by atoms with Crippen LogP contribution in [0.5, 0.6) is 0 Å². The van der Waals surface area contributed by atoms with Crippen LogP contribution < -0.4 is 0 Å².